The number of pyridine rings is 1. The minimum absolute atomic E-state index is 0.128. The molecular formula is C18H17FN4O3S. The number of benzene rings is 1. The van der Waals surface area contributed by atoms with Crippen LogP contribution in [0.25, 0.3) is 10.2 Å². The average molecular weight is 388 g/mol. The van der Waals surface area contributed by atoms with E-state index in [9.17, 15) is 9.18 Å². The van der Waals surface area contributed by atoms with Gasteiger partial charge in [0.1, 0.15) is 11.3 Å². The number of ether oxygens (including phenoxy) is 2. The maximum absolute atomic E-state index is 13.7. The van der Waals surface area contributed by atoms with Crippen molar-refractivity contribution in [3.05, 3.63) is 42.0 Å². The lowest BCUT2D eigenvalue weighted by Gasteiger charge is -2.29. The number of nitrogens with zero attached hydrogens (tertiary/aromatic N) is 3. The van der Waals surface area contributed by atoms with Crippen LogP contribution in [0.2, 0.25) is 0 Å². The molecule has 1 aromatic carbocycles. The van der Waals surface area contributed by atoms with E-state index in [0.29, 0.717) is 29.6 Å². The van der Waals surface area contributed by atoms with E-state index in [4.69, 9.17) is 9.47 Å². The van der Waals surface area contributed by atoms with Gasteiger partial charge in [-0.1, -0.05) is 11.3 Å². The number of nitrogens with one attached hydrogen (secondary N) is 1. The first kappa shape index (κ1) is 17.6. The number of carbonyl (C=O) groups excluding carboxylic acids is 1. The number of aromatic nitrogens is 2. The molecule has 2 aromatic heterocycles. The number of thiazole rings is 1. The third kappa shape index (κ3) is 3.43. The van der Waals surface area contributed by atoms with E-state index in [1.54, 1.807) is 7.11 Å². The number of amides is 1. The second kappa shape index (κ2) is 7.45. The number of carbonyl (C=O) groups is 1. The molecule has 1 saturated heterocycles. The summed E-state index contributed by atoms with van der Waals surface area (Å²) < 4.78 is 25.5. The zero-order chi connectivity index (χ0) is 18.8. The van der Waals surface area contributed by atoms with E-state index in [1.807, 2.05) is 12.1 Å². The topological polar surface area (TPSA) is 76.6 Å². The number of hydrogen-bond acceptors (Lipinski definition) is 7. The number of hydrogen-bond donors (Lipinski definition) is 1. The van der Waals surface area contributed by atoms with Crippen molar-refractivity contribution in [2.24, 2.45) is 0 Å². The van der Waals surface area contributed by atoms with Gasteiger partial charge in [0, 0.05) is 19.3 Å². The van der Waals surface area contributed by atoms with E-state index in [0.717, 1.165) is 23.5 Å². The number of methoxy groups -OCH3 is 1. The van der Waals surface area contributed by atoms with Crippen molar-refractivity contribution in [3.63, 3.8) is 0 Å². The predicted octanol–water partition coefficient (Wildman–Crippen LogP) is 2.93. The Morgan fingerprint density at radius 2 is 2.15 bits per heavy atom. The Morgan fingerprint density at radius 3 is 2.89 bits per heavy atom. The average Bonchev–Trinajstić information content (AvgIpc) is 3.11. The van der Waals surface area contributed by atoms with Crippen LogP contribution in [0.15, 0.2) is 30.5 Å². The molecule has 1 fully saturated rings. The monoisotopic (exact) mass is 388 g/mol. The van der Waals surface area contributed by atoms with Gasteiger partial charge in [-0.3, -0.25) is 10.1 Å². The summed E-state index contributed by atoms with van der Waals surface area (Å²) in [5.41, 5.74) is 1.55. The van der Waals surface area contributed by atoms with E-state index >= 15 is 0 Å². The molecule has 7 nitrogen and oxygen atoms in total. The minimum Gasteiger partial charge on any atom is -0.494 e. The zero-order valence-corrected chi connectivity index (χ0v) is 15.4. The Morgan fingerprint density at radius 1 is 1.33 bits per heavy atom. The fraction of sp³-hybridized carbons (Fsp3) is 0.278. The first-order valence-corrected chi connectivity index (χ1v) is 9.21. The molecule has 1 aliphatic heterocycles. The molecular weight excluding hydrogens is 371 g/mol. The number of fused-ring (bicyclic) bond motifs is 1. The van der Waals surface area contributed by atoms with Gasteiger partial charge in [-0.15, -0.1) is 0 Å². The van der Waals surface area contributed by atoms with Gasteiger partial charge < -0.3 is 14.4 Å². The van der Waals surface area contributed by atoms with Crippen molar-refractivity contribution < 1.29 is 18.7 Å². The van der Waals surface area contributed by atoms with Gasteiger partial charge in [-0.25, -0.2) is 9.97 Å². The Bertz CT molecular complexity index is 988. The number of rotatable bonds is 4. The highest BCUT2D eigenvalue weighted by atomic mass is 32.1. The van der Waals surface area contributed by atoms with Gasteiger partial charge in [0.2, 0.25) is 5.95 Å². The molecule has 140 valence electrons. The first-order valence-electron chi connectivity index (χ1n) is 8.39. The quantitative estimate of drug-likeness (QED) is 0.693. The molecule has 0 spiro atoms. The van der Waals surface area contributed by atoms with E-state index in [-0.39, 0.29) is 5.56 Å². The van der Waals surface area contributed by atoms with Crippen LogP contribution in [0.3, 0.4) is 0 Å². The van der Waals surface area contributed by atoms with Gasteiger partial charge >= 0.3 is 0 Å². The third-order valence-corrected chi connectivity index (χ3v) is 5.27. The molecule has 0 aliphatic carbocycles. The Hall–Kier alpha value is -2.78. The van der Waals surface area contributed by atoms with Crippen LogP contribution in [0, 0.1) is 5.95 Å². The van der Waals surface area contributed by atoms with Crippen LogP contribution < -0.4 is 15.0 Å². The van der Waals surface area contributed by atoms with Gasteiger partial charge in [0.05, 0.1) is 36.3 Å². The highest BCUT2D eigenvalue weighted by Gasteiger charge is 2.21. The van der Waals surface area contributed by atoms with Gasteiger partial charge in [-0.2, -0.15) is 4.39 Å². The van der Waals surface area contributed by atoms with Crippen molar-refractivity contribution in [3.8, 4) is 5.75 Å². The largest absolute Gasteiger partial charge is 0.494 e. The summed E-state index contributed by atoms with van der Waals surface area (Å²) in [7, 11) is 1.58. The molecule has 0 bridgehead atoms. The molecule has 3 aromatic rings. The lowest BCUT2D eigenvalue weighted by atomic mass is 10.2. The fourth-order valence-corrected chi connectivity index (χ4v) is 3.98. The molecule has 27 heavy (non-hydrogen) atoms. The minimum atomic E-state index is -0.817. The van der Waals surface area contributed by atoms with E-state index in [1.165, 1.54) is 29.7 Å². The summed E-state index contributed by atoms with van der Waals surface area (Å²) >= 11 is 1.33. The van der Waals surface area contributed by atoms with E-state index in [2.05, 4.69) is 20.2 Å². The summed E-state index contributed by atoms with van der Waals surface area (Å²) in [6.45, 7) is 2.89. The smallest absolute Gasteiger partial charge is 0.262 e. The van der Waals surface area contributed by atoms with Crippen LogP contribution >= 0.6 is 11.3 Å². The SMILES string of the molecule is COc1ccc(N2CCOCC2)c2sc(NC(=O)c3cccnc3F)nc12. The molecule has 1 N–H and O–H groups in total. The fourth-order valence-electron chi connectivity index (χ4n) is 2.96. The second-order valence-electron chi connectivity index (χ2n) is 5.88. The Balaban J connectivity index is 1.70. The van der Waals surface area contributed by atoms with Crippen molar-refractivity contribution in [1.82, 2.24) is 9.97 Å². The third-order valence-electron chi connectivity index (χ3n) is 4.28. The maximum atomic E-state index is 13.7. The molecule has 1 amide bonds. The van der Waals surface area contributed by atoms with Crippen LogP contribution in [0.4, 0.5) is 15.2 Å². The Labute approximate surface area is 158 Å². The van der Waals surface area contributed by atoms with Gasteiger partial charge in [-0.05, 0) is 24.3 Å². The maximum Gasteiger partial charge on any atom is 0.262 e. The van der Waals surface area contributed by atoms with Crippen LogP contribution in [0.5, 0.6) is 5.75 Å². The molecule has 0 saturated carbocycles. The molecule has 0 radical (unpaired) electrons. The standard InChI is InChI=1S/C18H17FN4O3S/c1-25-13-5-4-12(23-7-9-26-10-8-23)15-14(13)21-18(27-15)22-17(24)11-3-2-6-20-16(11)19/h2-6H,7-10H2,1H3,(H,21,22,24). The lowest BCUT2D eigenvalue weighted by molar-refractivity contribution is 0.102. The molecule has 0 unspecified atom stereocenters. The molecule has 3 heterocycles. The number of morpholine rings is 1. The summed E-state index contributed by atoms with van der Waals surface area (Å²) in [6, 6.07) is 6.73. The molecule has 4 rings (SSSR count). The van der Waals surface area contributed by atoms with Crippen molar-refractivity contribution >= 4 is 38.3 Å². The summed E-state index contributed by atoms with van der Waals surface area (Å²) in [5.74, 6) is -0.791. The zero-order valence-electron chi connectivity index (χ0n) is 14.6. The molecule has 0 atom stereocenters. The normalized spacial score (nSPS) is 14.4. The van der Waals surface area contributed by atoms with E-state index < -0.39 is 11.9 Å². The molecule has 1 aliphatic rings. The molecule has 9 heteroatoms. The first-order chi connectivity index (χ1) is 13.2. The predicted molar refractivity (Wildman–Crippen MR) is 101 cm³/mol. The number of anilines is 2. The highest BCUT2D eigenvalue weighted by molar-refractivity contribution is 7.23. The van der Waals surface area contributed by atoms with Crippen molar-refractivity contribution in [2.75, 3.05) is 43.6 Å². The van der Waals surface area contributed by atoms with Crippen LogP contribution in [-0.4, -0.2) is 49.3 Å². The van der Waals surface area contributed by atoms with Crippen LogP contribution in [-0.2, 0) is 4.74 Å². The summed E-state index contributed by atoms with van der Waals surface area (Å²) in [4.78, 5) is 22.6. The summed E-state index contributed by atoms with van der Waals surface area (Å²) in [5, 5.41) is 3.03. The van der Waals surface area contributed by atoms with Crippen molar-refractivity contribution in [1.29, 1.82) is 0 Å². The lowest BCUT2D eigenvalue weighted by Crippen LogP contribution is -2.36. The Kier molecular flexibility index (Phi) is 4.87. The van der Waals surface area contributed by atoms with Crippen LogP contribution in [0.1, 0.15) is 10.4 Å². The van der Waals surface area contributed by atoms with Crippen molar-refractivity contribution in [2.45, 2.75) is 0 Å². The second-order valence-corrected chi connectivity index (χ2v) is 6.88. The summed E-state index contributed by atoms with van der Waals surface area (Å²) in [6.07, 6.45) is 1.29. The number of halogens is 1. The highest BCUT2D eigenvalue weighted by Crippen LogP contribution is 2.39. The van der Waals surface area contributed by atoms with Gasteiger partial charge in [0.15, 0.2) is 5.13 Å². The van der Waals surface area contributed by atoms with Gasteiger partial charge in [0.25, 0.3) is 5.91 Å².